The molecule has 0 saturated carbocycles. The molecule has 3 aliphatic rings. The number of hydrogen-bond donors (Lipinski definition) is 7. The van der Waals surface area contributed by atoms with E-state index in [1.54, 1.807) is 5.48 Å². The number of aliphatic hydroxyl groups excluding tert-OH is 2. The molecule has 2 amide bonds. The Balaban J connectivity index is 2.49. The van der Waals surface area contributed by atoms with Gasteiger partial charge in [-0.3, -0.25) is 9.59 Å². The highest BCUT2D eigenvalue weighted by atomic mass is 16.5. The van der Waals surface area contributed by atoms with Crippen molar-refractivity contribution in [3.05, 3.63) is 12.2 Å². The number of rotatable bonds is 4. The minimum Gasteiger partial charge on any atom is -0.393 e. The summed E-state index contributed by atoms with van der Waals surface area (Å²) in [6, 6.07) is 0. The van der Waals surface area contributed by atoms with Gasteiger partial charge in [-0.25, -0.2) is 0 Å². The van der Waals surface area contributed by atoms with E-state index in [2.05, 4.69) is 17.2 Å². The Kier molecular flexibility index (Phi) is 4.02. The Bertz CT molecular complexity index is 523. The standard InChI is InChI=1S/C12H19N3O7/c1-6-3-4-22-12(7(17)10(2,20)5-16)9(19)13-11(6,15-21)8(18)14-12/h7,15-17,20-21H,1,3-5H2,2H3,(H,13,19)(H,14,18)/t7-,10-,11+,12?/m0/s1. The van der Waals surface area contributed by atoms with Crippen molar-refractivity contribution in [3.63, 3.8) is 0 Å². The van der Waals surface area contributed by atoms with E-state index in [0.717, 1.165) is 6.92 Å². The molecule has 0 aromatic carbocycles. The van der Waals surface area contributed by atoms with Gasteiger partial charge < -0.3 is 35.9 Å². The fraction of sp³-hybridized carbons (Fsp3) is 0.667. The number of nitrogens with one attached hydrogen (secondary N) is 3. The summed E-state index contributed by atoms with van der Waals surface area (Å²) in [6.45, 7) is 3.71. The van der Waals surface area contributed by atoms with Crippen LogP contribution in [-0.4, -0.2) is 68.6 Å². The first kappa shape index (κ1) is 16.8. The number of carbonyl (C=O) groups is 2. The maximum Gasteiger partial charge on any atom is 0.278 e. The molecule has 3 rings (SSSR count). The molecule has 3 heterocycles. The molecule has 2 bridgehead atoms. The lowest BCUT2D eigenvalue weighted by Crippen LogP contribution is -2.85. The fourth-order valence-electron chi connectivity index (χ4n) is 2.47. The zero-order chi connectivity index (χ0) is 16.8. The molecule has 10 heteroatoms. The lowest BCUT2D eigenvalue weighted by molar-refractivity contribution is -0.226. The zero-order valence-corrected chi connectivity index (χ0v) is 11.9. The maximum absolute atomic E-state index is 12.4. The number of amides is 2. The van der Waals surface area contributed by atoms with Crippen LogP contribution in [0.25, 0.3) is 0 Å². The number of piperazine rings is 1. The largest absolute Gasteiger partial charge is 0.393 e. The van der Waals surface area contributed by atoms with Gasteiger partial charge in [0, 0.05) is 0 Å². The molecular formula is C12H19N3O7. The third-order valence-corrected chi connectivity index (χ3v) is 4.00. The van der Waals surface area contributed by atoms with E-state index in [1.807, 2.05) is 0 Å². The number of carbonyl (C=O) groups excluding carboxylic acids is 2. The average Bonchev–Trinajstić information content (AvgIpc) is 2.47. The quantitative estimate of drug-likeness (QED) is 0.209. The lowest BCUT2D eigenvalue weighted by atomic mass is 9.84. The van der Waals surface area contributed by atoms with Gasteiger partial charge in [-0.2, -0.15) is 5.48 Å². The lowest BCUT2D eigenvalue weighted by Gasteiger charge is -2.51. The van der Waals surface area contributed by atoms with Crippen molar-refractivity contribution in [2.45, 2.75) is 36.4 Å². The summed E-state index contributed by atoms with van der Waals surface area (Å²) in [4.78, 5) is 24.7. The van der Waals surface area contributed by atoms with Crippen LogP contribution in [0.5, 0.6) is 0 Å². The molecule has 7 N–H and O–H groups in total. The zero-order valence-electron chi connectivity index (χ0n) is 11.9. The van der Waals surface area contributed by atoms with Gasteiger partial charge >= 0.3 is 0 Å². The van der Waals surface area contributed by atoms with Crippen LogP contribution >= 0.6 is 0 Å². The highest BCUT2D eigenvalue weighted by Crippen LogP contribution is 2.32. The van der Waals surface area contributed by atoms with Crippen molar-refractivity contribution in [2.75, 3.05) is 13.2 Å². The predicted octanol–water partition coefficient (Wildman–Crippen LogP) is -3.32. The highest BCUT2D eigenvalue weighted by Gasteiger charge is 2.63. The summed E-state index contributed by atoms with van der Waals surface area (Å²) < 4.78 is 5.31. The number of ether oxygens (including phenoxy) is 1. The smallest absolute Gasteiger partial charge is 0.278 e. The van der Waals surface area contributed by atoms with Gasteiger partial charge in [0.15, 0.2) is 0 Å². The van der Waals surface area contributed by atoms with Gasteiger partial charge in [0.2, 0.25) is 5.66 Å². The SMILES string of the molecule is C=C1CCOC2([C@@H](O)[C@@](C)(O)CO)NC(=O)[C@@]1(NO)NC2=O. The molecule has 3 aliphatic heterocycles. The van der Waals surface area contributed by atoms with Crippen molar-refractivity contribution in [2.24, 2.45) is 0 Å². The van der Waals surface area contributed by atoms with Crippen molar-refractivity contribution in [3.8, 4) is 0 Å². The average molecular weight is 317 g/mol. The molecule has 22 heavy (non-hydrogen) atoms. The summed E-state index contributed by atoms with van der Waals surface area (Å²) in [6.07, 6.45) is -1.87. The number of aliphatic hydroxyl groups is 3. The molecule has 3 saturated heterocycles. The van der Waals surface area contributed by atoms with Gasteiger partial charge in [0.25, 0.3) is 17.5 Å². The van der Waals surface area contributed by atoms with Crippen LogP contribution < -0.4 is 16.1 Å². The minimum atomic E-state index is -2.30. The molecule has 0 radical (unpaired) electrons. The van der Waals surface area contributed by atoms with Crippen LogP contribution in [0.1, 0.15) is 13.3 Å². The van der Waals surface area contributed by atoms with Gasteiger partial charge in [-0.05, 0) is 18.9 Å². The third-order valence-electron chi connectivity index (χ3n) is 4.00. The van der Waals surface area contributed by atoms with Gasteiger partial charge in [0.1, 0.15) is 11.7 Å². The van der Waals surface area contributed by atoms with E-state index in [-0.39, 0.29) is 18.6 Å². The van der Waals surface area contributed by atoms with Crippen LogP contribution in [-0.2, 0) is 14.3 Å². The number of hydrogen-bond acceptors (Lipinski definition) is 8. The Morgan fingerprint density at radius 3 is 2.64 bits per heavy atom. The van der Waals surface area contributed by atoms with E-state index in [9.17, 15) is 25.0 Å². The molecule has 1 unspecified atom stereocenters. The monoisotopic (exact) mass is 317 g/mol. The van der Waals surface area contributed by atoms with E-state index < -0.39 is 41.5 Å². The van der Waals surface area contributed by atoms with E-state index in [4.69, 9.17) is 9.84 Å². The molecule has 0 aromatic heterocycles. The molecule has 0 aromatic rings. The Morgan fingerprint density at radius 2 is 2.09 bits per heavy atom. The van der Waals surface area contributed by atoms with Crippen LogP contribution in [0.15, 0.2) is 12.2 Å². The summed E-state index contributed by atoms with van der Waals surface area (Å²) in [5, 5.41) is 43.1. The molecule has 4 atom stereocenters. The minimum absolute atomic E-state index is 0.0942. The summed E-state index contributed by atoms with van der Waals surface area (Å²) in [7, 11) is 0. The second-order valence-corrected chi connectivity index (χ2v) is 5.63. The number of hydroxylamine groups is 1. The normalized spacial score (nSPS) is 36.0. The van der Waals surface area contributed by atoms with Gasteiger partial charge in [-0.1, -0.05) is 6.58 Å². The molecule has 10 nitrogen and oxygen atoms in total. The molecule has 124 valence electrons. The molecule has 0 aliphatic carbocycles. The van der Waals surface area contributed by atoms with Crippen LogP contribution in [0, 0.1) is 0 Å². The second-order valence-electron chi connectivity index (χ2n) is 5.63. The first-order valence-corrected chi connectivity index (χ1v) is 6.56. The fourth-order valence-corrected chi connectivity index (χ4v) is 2.47. The first-order chi connectivity index (χ1) is 10.2. The van der Waals surface area contributed by atoms with E-state index >= 15 is 0 Å². The van der Waals surface area contributed by atoms with Crippen LogP contribution in [0.4, 0.5) is 0 Å². The van der Waals surface area contributed by atoms with Gasteiger partial charge in [-0.15, -0.1) is 0 Å². The van der Waals surface area contributed by atoms with E-state index in [1.165, 1.54) is 0 Å². The summed E-state index contributed by atoms with van der Waals surface area (Å²) in [5.74, 6) is -1.93. The van der Waals surface area contributed by atoms with Crippen LogP contribution in [0.2, 0.25) is 0 Å². The second kappa shape index (κ2) is 5.26. The number of fused-ring (bicyclic) bond motifs is 5. The summed E-state index contributed by atoms with van der Waals surface area (Å²) in [5.41, 5.74) is -4.50. The van der Waals surface area contributed by atoms with Gasteiger partial charge in [0.05, 0.1) is 13.2 Å². The van der Waals surface area contributed by atoms with Crippen LogP contribution in [0.3, 0.4) is 0 Å². The van der Waals surface area contributed by atoms with Crippen molar-refractivity contribution in [1.29, 1.82) is 0 Å². The molecule has 0 spiro atoms. The van der Waals surface area contributed by atoms with Crippen molar-refractivity contribution in [1.82, 2.24) is 16.1 Å². The molecular weight excluding hydrogens is 298 g/mol. The topological polar surface area (TPSA) is 160 Å². The Labute approximate surface area is 125 Å². The first-order valence-electron chi connectivity index (χ1n) is 6.56. The Morgan fingerprint density at radius 1 is 1.45 bits per heavy atom. The third kappa shape index (κ3) is 2.12. The Hall–Kier alpha value is -1.56. The predicted molar refractivity (Wildman–Crippen MR) is 70.1 cm³/mol. The molecule has 3 fully saturated rings. The maximum atomic E-state index is 12.4. The highest BCUT2D eigenvalue weighted by molar-refractivity contribution is 6.03. The van der Waals surface area contributed by atoms with Crippen molar-refractivity contribution < 1.29 is 34.9 Å². The van der Waals surface area contributed by atoms with Crippen molar-refractivity contribution >= 4 is 11.8 Å². The summed E-state index contributed by atoms with van der Waals surface area (Å²) >= 11 is 0. The van der Waals surface area contributed by atoms with E-state index in [0.29, 0.717) is 0 Å².